The fraction of sp³-hybridized carbons (Fsp3) is 0.0909. The van der Waals surface area contributed by atoms with E-state index in [0.717, 1.165) is 0 Å². The molecular weight excluding hydrogens is 496 g/mol. The highest BCUT2D eigenvalue weighted by Gasteiger charge is 2.36. The van der Waals surface area contributed by atoms with E-state index in [4.69, 9.17) is 4.28 Å². The molecule has 0 atom stereocenters. The third-order valence-electron chi connectivity index (χ3n) is 4.90. The summed E-state index contributed by atoms with van der Waals surface area (Å²) in [4.78, 5) is 44.2. The number of hydrogen-bond donors (Lipinski definition) is 1. The third-order valence-corrected chi connectivity index (χ3v) is 6.82. The number of benzene rings is 3. The van der Waals surface area contributed by atoms with Crippen LogP contribution in [0.15, 0.2) is 66.7 Å². The molecule has 0 unspecified atom stereocenters. The van der Waals surface area contributed by atoms with Gasteiger partial charge in [0.25, 0.3) is 16.4 Å². The Labute approximate surface area is 204 Å². The number of nitro benzene ring substituents is 3. The highest BCUT2D eigenvalue weighted by molar-refractivity contribution is 8.36. The first-order chi connectivity index (χ1) is 16.9. The minimum Gasteiger partial charge on any atom is -0.497 e. The normalized spacial score (nSPS) is 12.0. The molecule has 0 fully saturated rings. The van der Waals surface area contributed by atoms with Crippen molar-refractivity contribution in [2.45, 2.75) is 0 Å². The molecule has 0 saturated carbocycles. The summed E-state index contributed by atoms with van der Waals surface area (Å²) in [6.45, 7) is 0. The van der Waals surface area contributed by atoms with Crippen LogP contribution in [0.25, 0.3) is 11.0 Å². The summed E-state index contributed by atoms with van der Waals surface area (Å²) >= 11 is 0. The van der Waals surface area contributed by atoms with Gasteiger partial charge in [0.05, 0.1) is 19.7 Å². The Morgan fingerprint density at radius 2 is 1.33 bits per heavy atom. The van der Waals surface area contributed by atoms with E-state index < -0.39 is 47.9 Å². The van der Waals surface area contributed by atoms with Crippen molar-refractivity contribution in [3.8, 4) is 5.75 Å². The summed E-state index contributed by atoms with van der Waals surface area (Å²) in [5, 5.41) is 43.3. The average Bonchev–Trinajstić information content (AvgIpc) is 2.82. The minimum absolute atomic E-state index is 0.0681. The highest BCUT2D eigenvalue weighted by atomic mass is 32.3. The number of aromatic hydroxyl groups is 1. The second-order valence-electron chi connectivity index (χ2n) is 7.63. The third kappa shape index (κ3) is 5.61. The van der Waals surface area contributed by atoms with Crippen LogP contribution in [0.2, 0.25) is 0 Å². The van der Waals surface area contributed by atoms with Crippen LogP contribution in [-0.4, -0.2) is 37.3 Å². The fourth-order valence-corrected chi connectivity index (χ4v) is 4.81. The zero-order valence-electron chi connectivity index (χ0n) is 18.8. The van der Waals surface area contributed by atoms with Crippen molar-refractivity contribution >= 4 is 44.0 Å². The van der Waals surface area contributed by atoms with Crippen LogP contribution in [0.3, 0.4) is 0 Å². The maximum atomic E-state index is 12.9. The molecule has 36 heavy (non-hydrogen) atoms. The fourth-order valence-electron chi connectivity index (χ4n) is 3.18. The molecule has 186 valence electrons. The Balaban J connectivity index is 2.05. The van der Waals surface area contributed by atoms with Crippen molar-refractivity contribution in [1.82, 2.24) is 0 Å². The molecule has 3 rings (SSSR count). The van der Waals surface area contributed by atoms with Gasteiger partial charge in [-0.25, -0.2) is 0 Å². The standard InChI is InChI=1S/C22H18N4O9S/c1-36(2,35-26(34)18-13-19(24(30)31)22(27)20(14-18)25(32)33)21(16-6-4-3-5-7-16)12-15-8-10-17(11-9-15)23(28)29/h3-14H,1-2H3/p+1/b21-12+. The van der Waals surface area contributed by atoms with Gasteiger partial charge in [-0.15, -0.1) is 0 Å². The number of nitro groups is 3. The van der Waals surface area contributed by atoms with E-state index in [1.54, 1.807) is 48.9 Å². The molecule has 0 radical (unpaired) electrons. The number of non-ortho nitro benzene ring substituents is 1. The van der Waals surface area contributed by atoms with E-state index in [1.807, 2.05) is 0 Å². The lowest BCUT2D eigenvalue weighted by Gasteiger charge is -2.27. The van der Waals surface area contributed by atoms with Crippen LogP contribution in [0.1, 0.15) is 11.1 Å². The Hall–Kier alpha value is -4.85. The van der Waals surface area contributed by atoms with E-state index in [0.29, 0.717) is 28.2 Å². The van der Waals surface area contributed by atoms with Gasteiger partial charge in [0, 0.05) is 39.9 Å². The molecular formula is C22H19N4O9S+. The quantitative estimate of drug-likeness (QED) is 0.214. The maximum absolute atomic E-state index is 12.9. The Bertz CT molecular complexity index is 1360. The van der Waals surface area contributed by atoms with E-state index in [-0.39, 0.29) is 10.6 Å². The second kappa shape index (κ2) is 10.2. The zero-order valence-corrected chi connectivity index (χ0v) is 19.7. The number of phenolic OH excluding ortho intramolecular Hbond substituents is 1. The van der Waals surface area contributed by atoms with Gasteiger partial charge in [0.2, 0.25) is 0 Å². The van der Waals surface area contributed by atoms with Crippen molar-refractivity contribution < 1.29 is 29.1 Å². The zero-order chi connectivity index (χ0) is 26.6. The Kier molecular flexibility index (Phi) is 7.29. The molecule has 0 aliphatic rings. The van der Waals surface area contributed by atoms with Gasteiger partial charge in [-0.2, -0.15) is 4.28 Å². The molecule has 0 amide bonds. The van der Waals surface area contributed by atoms with Crippen molar-refractivity contribution in [2.24, 2.45) is 0 Å². The van der Waals surface area contributed by atoms with Crippen LogP contribution >= 0.6 is 10.3 Å². The smallest absolute Gasteiger partial charge is 0.332 e. The van der Waals surface area contributed by atoms with Crippen molar-refractivity contribution in [3.63, 3.8) is 0 Å². The number of nitrogens with zero attached hydrogens (tertiary/aromatic N) is 4. The van der Waals surface area contributed by atoms with E-state index >= 15 is 0 Å². The molecule has 0 bridgehead atoms. The molecule has 14 heteroatoms. The van der Waals surface area contributed by atoms with Crippen LogP contribution in [0, 0.1) is 35.3 Å². The summed E-state index contributed by atoms with van der Waals surface area (Å²) < 4.78 is 5.64. The van der Waals surface area contributed by atoms with Gasteiger partial charge >= 0.3 is 17.1 Å². The topological polar surface area (TPSA) is 179 Å². The Morgan fingerprint density at radius 1 is 0.806 bits per heavy atom. The lowest BCUT2D eigenvalue weighted by Crippen LogP contribution is -2.11. The van der Waals surface area contributed by atoms with E-state index in [1.165, 1.54) is 24.3 Å². The lowest BCUT2D eigenvalue weighted by molar-refractivity contribution is -0.696. The van der Waals surface area contributed by atoms with Crippen molar-refractivity contribution in [1.29, 1.82) is 0 Å². The molecule has 3 aromatic carbocycles. The van der Waals surface area contributed by atoms with E-state index in [2.05, 4.69) is 0 Å². The predicted octanol–water partition coefficient (Wildman–Crippen LogP) is 5.64. The highest BCUT2D eigenvalue weighted by Crippen LogP contribution is 2.56. The molecule has 0 aliphatic heterocycles. The molecule has 0 heterocycles. The van der Waals surface area contributed by atoms with Crippen molar-refractivity contribution in [3.05, 3.63) is 113 Å². The Morgan fingerprint density at radius 3 is 1.81 bits per heavy atom. The maximum Gasteiger partial charge on any atom is 0.332 e. The average molecular weight is 515 g/mol. The summed E-state index contributed by atoms with van der Waals surface area (Å²) in [5.41, 5.74) is -1.46. The summed E-state index contributed by atoms with van der Waals surface area (Å²) in [7, 11) is -2.49. The number of rotatable bonds is 9. The lowest BCUT2D eigenvalue weighted by atomic mass is 10.1. The van der Waals surface area contributed by atoms with Crippen LogP contribution in [0.4, 0.5) is 22.7 Å². The summed E-state index contributed by atoms with van der Waals surface area (Å²) in [5.74, 6) is -1.18. The second-order valence-corrected chi connectivity index (χ2v) is 10.7. The van der Waals surface area contributed by atoms with Gasteiger partial charge in [0.1, 0.15) is 12.1 Å². The monoisotopic (exact) mass is 515 g/mol. The first kappa shape index (κ1) is 25.8. The van der Waals surface area contributed by atoms with Gasteiger partial charge in [-0.3, -0.25) is 30.3 Å². The molecule has 0 aliphatic carbocycles. The molecule has 13 nitrogen and oxygen atoms in total. The summed E-state index contributed by atoms with van der Waals surface area (Å²) in [6.07, 6.45) is 4.92. The molecule has 0 aromatic heterocycles. The first-order valence-electron chi connectivity index (χ1n) is 9.98. The molecule has 3 aromatic rings. The summed E-state index contributed by atoms with van der Waals surface area (Å²) in [6, 6.07) is 15.9. The minimum atomic E-state index is -2.49. The first-order valence-corrected chi connectivity index (χ1v) is 12.4. The molecule has 0 saturated heterocycles. The molecule has 1 N–H and O–H groups in total. The van der Waals surface area contributed by atoms with E-state index in [9.17, 15) is 40.4 Å². The number of hydrogen-bond acceptors (Lipinski definition) is 9. The van der Waals surface area contributed by atoms with Gasteiger partial charge in [0.15, 0.2) is 0 Å². The molecule has 0 spiro atoms. The SMILES string of the molecule is CS(C)(O[N+](=O)c1cc([N+](=O)[O-])c(O)c([N+](=O)[O-])c1)/C(=C/c1ccc([N+](=O)[O-])cc1)c1ccccc1. The largest absolute Gasteiger partial charge is 0.497 e. The van der Waals surface area contributed by atoms with Crippen molar-refractivity contribution in [2.75, 3.05) is 12.5 Å². The van der Waals surface area contributed by atoms with Crippen LogP contribution in [-0.2, 0) is 4.28 Å². The van der Waals surface area contributed by atoms with Crippen LogP contribution < -0.4 is 0 Å². The van der Waals surface area contributed by atoms with Gasteiger partial charge in [-0.05, 0) is 29.3 Å². The van der Waals surface area contributed by atoms with Crippen LogP contribution in [0.5, 0.6) is 5.75 Å². The van der Waals surface area contributed by atoms with Gasteiger partial charge < -0.3 is 5.11 Å². The predicted molar refractivity (Wildman–Crippen MR) is 133 cm³/mol. The number of phenols is 1. The van der Waals surface area contributed by atoms with Gasteiger partial charge in [-0.1, -0.05) is 30.3 Å².